The van der Waals surface area contributed by atoms with Crippen LogP contribution in [0, 0.1) is 11.7 Å². The van der Waals surface area contributed by atoms with Gasteiger partial charge in [0.25, 0.3) is 0 Å². The van der Waals surface area contributed by atoms with E-state index in [4.69, 9.17) is 5.11 Å². The van der Waals surface area contributed by atoms with Gasteiger partial charge >= 0.3 is 0 Å². The summed E-state index contributed by atoms with van der Waals surface area (Å²) in [5.41, 5.74) is 0.535. The highest BCUT2D eigenvalue weighted by Gasteiger charge is 2.33. The number of aliphatic hydroxyl groups excluding tert-OH is 1. The van der Waals surface area contributed by atoms with E-state index in [1.165, 1.54) is 18.6 Å². The van der Waals surface area contributed by atoms with Crippen LogP contribution in [0.2, 0.25) is 0 Å². The van der Waals surface area contributed by atoms with Gasteiger partial charge in [0.2, 0.25) is 0 Å². The molecule has 19 heavy (non-hydrogen) atoms. The lowest BCUT2D eigenvalue weighted by Crippen LogP contribution is -2.51. The maximum Gasteiger partial charge on any atom is 0.165 e. The van der Waals surface area contributed by atoms with Crippen molar-refractivity contribution < 1.29 is 14.6 Å². The van der Waals surface area contributed by atoms with Crippen LogP contribution >= 0.6 is 0 Å². The molecule has 2 rings (SSSR count). The topological polar surface area (TPSA) is 52.5 Å². The molecule has 0 aromatic heterocycles. The molecule has 4 heteroatoms. The van der Waals surface area contributed by atoms with Gasteiger partial charge in [-0.05, 0) is 36.5 Å². The van der Waals surface area contributed by atoms with Crippen molar-refractivity contribution in [2.75, 3.05) is 6.61 Å². The van der Waals surface area contributed by atoms with Crippen LogP contribution in [0.4, 0.5) is 4.39 Å². The quantitative estimate of drug-likeness (QED) is 0.786. The highest BCUT2D eigenvalue weighted by Crippen LogP contribution is 2.32. The molecule has 3 N–H and O–H groups in total. The Balaban J connectivity index is 2.01. The largest absolute Gasteiger partial charge is 0.505 e. The number of rotatable bonds is 4. The van der Waals surface area contributed by atoms with Crippen molar-refractivity contribution in [2.45, 2.75) is 44.7 Å². The second-order valence-electron chi connectivity index (χ2n) is 5.78. The maximum atomic E-state index is 13.3. The van der Waals surface area contributed by atoms with Gasteiger partial charge in [0.15, 0.2) is 11.6 Å². The molecule has 0 bridgehead atoms. The second kappa shape index (κ2) is 5.88. The van der Waals surface area contributed by atoms with Gasteiger partial charge in [0.1, 0.15) is 0 Å². The van der Waals surface area contributed by atoms with Gasteiger partial charge in [-0.2, -0.15) is 0 Å². The van der Waals surface area contributed by atoms with E-state index >= 15 is 0 Å². The molecule has 0 spiro atoms. The Bertz CT molecular complexity index is 438. The van der Waals surface area contributed by atoms with Gasteiger partial charge in [-0.1, -0.05) is 25.8 Å². The third-order valence-corrected chi connectivity index (χ3v) is 4.07. The zero-order valence-electron chi connectivity index (χ0n) is 11.3. The molecule has 0 aliphatic heterocycles. The molecule has 0 amide bonds. The molecule has 1 aliphatic carbocycles. The van der Waals surface area contributed by atoms with E-state index in [2.05, 4.69) is 12.2 Å². The normalized spacial score (nSPS) is 27.4. The van der Waals surface area contributed by atoms with Gasteiger partial charge in [-0.3, -0.25) is 0 Å². The van der Waals surface area contributed by atoms with Crippen molar-refractivity contribution >= 4 is 0 Å². The first kappa shape index (κ1) is 14.3. The van der Waals surface area contributed by atoms with Crippen LogP contribution in [-0.2, 0) is 6.54 Å². The van der Waals surface area contributed by atoms with E-state index < -0.39 is 5.82 Å². The minimum atomic E-state index is -0.602. The molecule has 1 saturated carbocycles. The lowest BCUT2D eigenvalue weighted by Gasteiger charge is -2.39. The first-order valence-corrected chi connectivity index (χ1v) is 6.88. The van der Waals surface area contributed by atoms with Crippen LogP contribution in [-0.4, -0.2) is 22.4 Å². The fourth-order valence-corrected chi connectivity index (χ4v) is 2.97. The average Bonchev–Trinajstić information content (AvgIpc) is 2.40. The van der Waals surface area contributed by atoms with E-state index in [9.17, 15) is 9.50 Å². The summed E-state index contributed by atoms with van der Waals surface area (Å²) in [5, 5.41) is 22.2. The summed E-state index contributed by atoms with van der Waals surface area (Å²) in [6, 6.07) is 4.39. The number of phenols is 1. The Morgan fingerprint density at radius 2 is 2.26 bits per heavy atom. The molecular formula is C15H22FNO2. The first-order valence-electron chi connectivity index (χ1n) is 6.88. The average molecular weight is 267 g/mol. The van der Waals surface area contributed by atoms with Crippen LogP contribution in [0.3, 0.4) is 0 Å². The molecule has 106 valence electrons. The third-order valence-electron chi connectivity index (χ3n) is 4.07. The van der Waals surface area contributed by atoms with E-state index in [0.717, 1.165) is 24.8 Å². The minimum Gasteiger partial charge on any atom is -0.505 e. The number of halogens is 1. The van der Waals surface area contributed by atoms with Crippen molar-refractivity contribution in [3.63, 3.8) is 0 Å². The Kier molecular flexibility index (Phi) is 4.42. The van der Waals surface area contributed by atoms with Gasteiger partial charge in [-0.15, -0.1) is 0 Å². The number of hydrogen-bond donors (Lipinski definition) is 3. The summed E-state index contributed by atoms with van der Waals surface area (Å²) < 4.78 is 13.3. The third kappa shape index (κ3) is 3.45. The van der Waals surface area contributed by atoms with Crippen LogP contribution in [0.5, 0.6) is 5.75 Å². The summed E-state index contributed by atoms with van der Waals surface area (Å²) in [7, 11) is 0. The Morgan fingerprint density at radius 1 is 1.47 bits per heavy atom. The molecule has 3 nitrogen and oxygen atoms in total. The monoisotopic (exact) mass is 267 g/mol. The fraction of sp³-hybridized carbons (Fsp3) is 0.600. The minimum absolute atomic E-state index is 0.109. The molecule has 1 fully saturated rings. The van der Waals surface area contributed by atoms with Crippen LogP contribution < -0.4 is 5.32 Å². The molecule has 0 saturated heterocycles. The van der Waals surface area contributed by atoms with Crippen LogP contribution in [0.25, 0.3) is 0 Å². The lowest BCUT2D eigenvalue weighted by atomic mass is 9.77. The van der Waals surface area contributed by atoms with Crippen molar-refractivity contribution in [2.24, 2.45) is 5.92 Å². The fourth-order valence-electron chi connectivity index (χ4n) is 2.97. The number of benzene rings is 1. The van der Waals surface area contributed by atoms with E-state index in [-0.39, 0.29) is 17.9 Å². The molecule has 0 heterocycles. The molecule has 2 atom stereocenters. The number of aromatic hydroxyl groups is 1. The van der Waals surface area contributed by atoms with Crippen LogP contribution in [0.15, 0.2) is 18.2 Å². The van der Waals surface area contributed by atoms with Gasteiger partial charge in [-0.25, -0.2) is 4.39 Å². The Labute approximate surface area is 113 Å². The van der Waals surface area contributed by atoms with E-state index in [0.29, 0.717) is 12.5 Å². The van der Waals surface area contributed by atoms with Crippen molar-refractivity contribution in [3.05, 3.63) is 29.6 Å². The SMILES string of the molecule is CC1CCCC(CO)(NCc2ccc(O)c(F)c2)C1. The molecule has 1 aromatic rings. The number of phenolic OH excluding ortho intramolecular Hbond substituents is 1. The Morgan fingerprint density at radius 3 is 2.89 bits per heavy atom. The highest BCUT2D eigenvalue weighted by molar-refractivity contribution is 5.28. The molecule has 2 unspecified atom stereocenters. The van der Waals surface area contributed by atoms with E-state index in [1.807, 2.05) is 0 Å². The zero-order valence-corrected chi connectivity index (χ0v) is 11.3. The summed E-state index contributed by atoms with van der Waals surface area (Å²) in [4.78, 5) is 0. The lowest BCUT2D eigenvalue weighted by molar-refractivity contribution is 0.0982. The second-order valence-corrected chi connectivity index (χ2v) is 5.78. The summed E-state index contributed by atoms with van der Waals surface area (Å²) in [6.45, 7) is 2.81. The molecule has 1 aliphatic rings. The number of aliphatic hydroxyl groups is 1. The van der Waals surface area contributed by atoms with Gasteiger partial charge in [0.05, 0.1) is 6.61 Å². The predicted molar refractivity (Wildman–Crippen MR) is 72.4 cm³/mol. The van der Waals surface area contributed by atoms with Crippen molar-refractivity contribution in [1.82, 2.24) is 5.32 Å². The molecule has 1 aromatic carbocycles. The summed E-state index contributed by atoms with van der Waals surface area (Å²) in [6.07, 6.45) is 4.22. The van der Waals surface area contributed by atoms with Crippen LogP contribution in [0.1, 0.15) is 38.2 Å². The Hall–Kier alpha value is -1.13. The highest BCUT2D eigenvalue weighted by atomic mass is 19.1. The summed E-state index contributed by atoms with van der Waals surface area (Å²) in [5.74, 6) is -0.328. The number of nitrogens with one attached hydrogen (secondary N) is 1. The molecular weight excluding hydrogens is 245 g/mol. The predicted octanol–water partition coefficient (Wildman–Crippen LogP) is 2.56. The van der Waals surface area contributed by atoms with E-state index in [1.54, 1.807) is 6.07 Å². The zero-order chi connectivity index (χ0) is 13.9. The standard InChI is InChI=1S/C15H22FNO2/c1-11-3-2-6-15(8-11,10-18)17-9-12-4-5-14(19)13(16)7-12/h4-5,7,11,17-19H,2-3,6,8-10H2,1H3. The summed E-state index contributed by atoms with van der Waals surface area (Å²) >= 11 is 0. The van der Waals surface area contributed by atoms with Crippen molar-refractivity contribution in [1.29, 1.82) is 0 Å². The molecule has 0 radical (unpaired) electrons. The van der Waals surface area contributed by atoms with Gasteiger partial charge < -0.3 is 15.5 Å². The first-order chi connectivity index (χ1) is 9.04. The smallest absolute Gasteiger partial charge is 0.165 e. The van der Waals surface area contributed by atoms with Crippen molar-refractivity contribution in [3.8, 4) is 5.75 Å². The maximum absolute atomic E-state index is 13.3. The number of hydrogen-bond acceptors (Lipinski definition) is 3. The van der Waals surface area contributed by atoms with Gasteiger partial charge in [0, 0.05) is 12.1 Å².